The molecule has 4 nitrogen and oxygen atoms in total. The van der Waals surface area contributed by atoms with E-state index in [1.165, 1.54) is 43.7 Å². The normalized spacial score (nSPS) is 27.4. The number of nitrogens with one attached hydrogen (secondary N) is 1. The SMILES string of the molecule is CC(=O)N(C)Cc1cccc(NC2CN3CCC2CC3)c1. The number of nitrogens with zero attached hydrogens (tertiary/aromatic N) is 2. The third-order valence-electron chi connectivity index (χ3n) is 4.89. The van der Waals surface area contributed by atoms with E-state index in [0.717, 1.165) is 5.92 Å². The van der Waals surface area contributed by atoms with Crippen molar-refractivity contribution in [2.24, 2.45) is 5.92 Å². The second kappa shape index (κ2) is 6.06. The van der Waals surface area contributed by atoms with Crippen LogP contribution in [0.1, 0.15) is 25.3 Å². The van der Waals surface area contributed by atoms with E-state index in [2.05, 4.69) is 34.5 Å². The molecule has 0 spiro atoms. The Morgan fingerprint density at radius 2 is 2.14 bits per heavy atom. The van der Waals surface area contributed by atoms with E-state index in [1.807, 2.05) is 7.05 Å². The molecule has 3 aliphatic heterocycles. The predicted octanol–water partition coefficient (Wildman–Crippen LogP) is 2.17. The van der Waals surface area contributed by atoms with Crippen molar-refractivity contribution in [3.63, 3.8) is 0 Å². The van der Waals surface area contributed by atoms with Gasteiger partial charge in [-0.3, -0.25) is 4.79 Å². The summed E-state index contributed by atoms with van der Waals surface area (Å²) in [5, 5.41) is 3.71. The molecular formula is C17H25N3O. The zero-order valence-electron chi connectivity index (χ0n) is 13.0. The lowest BCUT2D eigenvalue weighted by molar-refractivity contribution is -0.128. The molecule has 1 N–H and O–H groups in total. The summed E-state index contributed by atoms with van der Waals surface area (Å²) >= 11 is 0. The molecule has 3 saturated heterocycles. The van der Waals surface area contributed by atoms with E-state index in [1.54, 1.807) is 11.8 Å². The molecule has 1 aromatic rings. The highest BCUT2D eigenvalue weighted by Gasteiger charge is 2.33. The van der Waals surface area contributed by atoms with Gasteiger partial charge in [0.2, 0.25) is 5.91 Å². The summed E-state index contributed by atoms with van der Waals surface area (Å²) in [4.78, 5) is 15.6. The molecule has 1 amide bonds. The molecule has 2 bridgehead atoms. The topological polar surface area (TPSA) is 35.6 Å². The lowest BCUT2D eigenvalue weighted by Gasteiger charge is -2.45. The first-order chi connectivity index (χ1) is 10.1. The number of carbonyl (C=O) groups excluding carboxylic acids is 1. The molecule has 0 saturated carbocycles. The van der Waals surface area contributed by atoms with Gasteiger partial charge in [-0.05, 0) is 49.5 Å². The number of rotatable bonds is 4. The highest BCUT2D eigenvalue weighted by atomic mass is 16.2. The summed E-state index contributed by atoms with van der Waals surface area (Å²) in [6, 6.07) is 9.05. The van der Waals surface area contributed by atoms with Crippen molar-refractivity contribution < 1.29 is 4.79 Å². The summed E-state index contributed by atoms with van der Waals surface area (Å²) in [5.74, 6) is 0.921. The van der Waals surface area contributed by atoms with Gasteiger partial charge in [-0.25, -0.2) is 0 Å². The Hall–Kier alpha value is -1.55. The van der Waals surface area contributed by atoms with Gasteiger partial charge >= 0.3 is 0 Å². The Labute approximate surface area is 127 Å². The van der Waals surface area contributed by atoms with Crippen molar-refractivity contribution in [2.45, 2.75) is 32.4 Å². The van der Waals surface area contributed by atoms with E-state index in [9.17, 15) is 4.79 Å². The van der Waals surface area contributed by atoms with Crippen molar-refractivity contribution in [3.8, 4) is 0 Å². The van der Waals surface area contributed by atoms with Crippen LogP contribution in [0.3, 0.4) is 0 Å². The summed E-state index contributed by atoms with van der Waals surface area (Å²) in [6.07, 6.45) is 2.65. The van der Waals surface area contributed by atoms with Crippen LogP contribution in [0, 0.1) is 5.92 Å². The lowest BCUT2D eigenvalue weighted by atomic mass is 9.84. The maximum absolute atomic E-state index is 11.3. The molecule has 21 heavy (non-hydrogen) atoms. The van der Waals surface area contributed by atoms with Crippen molar-refractivity contribution >= 4 is 11.6 Å². The molecule has 3 fully saturated rings. The van der Waals surface area contributed by atoms with Gasteiger partial charge in [-0.1, -0.05) is 12.1 Å². The lowest BCUT2D eigenvalue weighted by Crippen LogP contribution is -2.53. The van der Waals surface area contributed by atoms with Gasteiger partial charge < -0.3 is 15.1 Å². The number of piperidine rings is 3. The second-order valence-electron chi connectivity index (χ2n) is 6.46. The third kappa shape index (κ3) is 3.38. The predicted molar refractivity (Wildman–Crippen MR) is 85.2 cm³/mol. The minimum Gasteiger partial charge on any atom is -0.381 e. The number of carbonyl (C=O) groups is 1. The molecule has 4 heteroatoms. The fraction of sp³-hybridized carbons (Fsp3) is 0.588. The van der Waals surface area contributed by atoms with Gasteiger partial charge in [0.1, 0.15) is 0 Å². The first kappa shape index (κ1) is 14.4. The summed E-state index contributed by atoms with van der Waals surface area (Å²) in [6.45, 7) is 5.99. The molecule has 0 aliphatic carbocycles. The Morgan fingerprint density at radius 3 is 2.76 bits per heavy atom. The fourth-order valence-electron chi connectivity index (χ4n) is 3.49. The summed E-state index contributed by atoms with van der Waals surface area (Å²) in [7, 11) is 1.84. The third-order valence-corrected chi connectivity index (χ3v) is 4.89. The molecule has 1 atom stereocenters. The largest absolute Gasteiger partial charge is 0.381 e. The minimum atomic E-state index is 0.103. The average Bonchev–Trinajstić information content (AvgIpc) is 2.48. The van der Waals surface area contributed by atoms with Gasteiger partial charge in [0.25, 0.3) is 0 Å². The van der Waals surface area contributed by atoms with Crippen LogP contribution in [0.15, 0.2) is 24.3 Å². The molecule has 0 aromatic heterocycles. The highest BCUT2D eigenvalue weighted by Crippen LogP contribution is 2.29. The molecule has 1 aromatic carbocycles. The first-order valence-electron chi connectivity index (χ1n) is 7.91. The number of fused-ring (bicyclic) bond motifs is 3. The molecule has 4 rings (SSSR count). The number of amides is 1. The molecule has 3 aliphatic rings. The molecule has 0 radical (unpaired) electrons. The van der Waals surface area contributed by atoms with Crippen LogP contribution in [0.5, 0.6) is 0 Å². The number of hydrogen-bond donors (Lipinski definition) is 1. The smallest absolute Gasteiger partial charge is 0.219 e. The van der Waals surface area contributed by atoms with E-state index >= 15 is 0 Å². The van der Waals surface area contributed by atoms with Crippen LogP contribution in [0.4, 0.5) is 5.69 Å². The summed E-state index contributed by atoms with van der Waals surface area (Å²) < 4.78 is 0. The quantitative estimate of drug-likeness (QED) is 0.922. The van der Waals surface area contributed by atoms with Crippen LogP contribution >= 0.6 is 0 Å². The van der Waals surface area contributed by atoms with Crippen molar-refractivity contribution in [1.29, 1.82) is 0 Å². The first-order valence-corrected chi connectivity index (χ1v) is 7.91. The van der Waals surface area contributed by atoms with Crippen molar-refractivity contribution in [1.82, 2.24) is 9.80 Å². The van der Waals surface area contributed by atoms with Gasteiger partial charge in [-0.15, -0.1) is 0 Å². The summed E-state index contributed by atoms with van der Waals surface area (Å²) in [5.41, 5.74) is 2.36. The van der Waals surface area contributed by atoms with Crippen LogP contribution in [-0.4, -0.2) is 48.4 Å². The van der Waals surface area contributed by atoms with Crippen LogP contribution < -0.4 is 5.32 Å². The Bertz CT molecular complexity index is 509. The number of benzene rings is 1. The molecular weight excluding hydrogens is 262 g/mol. The average molecular weight is 287 g/mol. The highest BCUT2D eigenvalue weighted by molar-refractivity contribution is 5.72. The fourth-order valence-corrected chi connectivity index (χ4v) is 3.49. The second-order valence-corrected chi connectivity index (χ2v) is 6.46. The van der Waals surface area contributed by atoms with Crippen molar-refractivity contribution in [3.05, 3.63) is 29.8 Å². The van der Waals surface area contributed by atoms with Gasteiger partial charge in [0.05, 0.1) is 0 Å². The van der Waals surface area contributed by atoms with E-state index < -0.39 is 0 Å². The molecule has 114 valence electrons. The van der Waals surface area contributed by atoms with Gasteiger partial charge in [-0.2, -0.15) is 0 Å². The van der Waals surface area contributed by atoms with Gasteiger partial charge in [0.15, 0.2) is 0 Å². The Kier molecular flexibility index (Phi) is 4.15. The van der Waals surface area contributed by atoms with Gasteiger partial charge in [0, 0.05) is 38.8 Å². The van der Waals surface area contributed by atoms with Crippen molar-refractivity contribution in [2.75, 3.05) is 32.0 Å². The number of anilines is 1. The van der Waals surface area contributed by atoms with Crippen LogP contribution in [0.2, 0.25) is 0 Å². The zero-order valence-corrected chi connectivity index (χ0v) is 13.0. The maximum Gasteiger partial charge on any atom is 0.219 e. The van der Waals surface area contributed by atoms with E-state index in [-0.39, 0.29) is 5.91 Å². The maximum atomic E-state index is 11.3. The van der Waals surface area contributed by atoms with E-state index in [0.29, 0.717) is 12.6 Å². The molecule has 3 heterocycles. The van der Waals surface area contributed by atoms with E-state index in [4.69, 9.17) is 0 Å². The monoisotopic (exact) mass is 287 g/mol. The molecule has 1 unspecified atom stereocenters. The number of hydrogen-bond acceptors (Lipinski definition) is 3. The minimum absolute atomic E-state index is 0.103. The Balaban J connectivity index is 1.64. The Morgan fingerprint density at radius 1 is 1.38 bits per heavy atom. The van der Waals surface area contributed by atoms with Crippen LogP contribution in [0.25, 0.3) is 0 Å². The zero-order chi connectivity index (χ0) is 14.8. The van der Waals surface area contributed by atoms with Crippen LogP contribution in [-0.2, 0) is 11.3 Å². The standard InChI is InChI=1S/C17H25N3O/c1-13(21)19(2)11-14-4-3-5-16(10-14)18-17-12-20-8-6-15(17)7-9-20/h3-5,10,15,17-18H,6-9,11-12H2,1-2H3.